The minimum Gasteiger partial charge on any atom is -0.363 e. The van der Waals surface area contributed by atoms with E-state index in [1.807, 2.05) is 47.0 Å². The van der Waals surface area contributed by atoms with Crippen molar-refractivity contribution in [3.05, 3.63) is 66.1 Å². The van der Waals surface area contributed by atoms with Crippen LogP contribution in [0.15, 0.2) is 54.7 Å². The van der Waals surface area contributed by atoms with Gasteiger partial charge in [0, 0.05) is 42.9 Å². The van der Waals surface area contributed by atoms with Crippen LogP contribution in [0.4, 0.5) is 10.1 Å². The molecule has 32 heavy (non-hydrogen) atoms. The Balaban J connectivity index is 1.34. The molecule has 6 nitrogen and oxygen atoms in total. The van der Waals surface area contributed by atoms with Gasteiger partial charge >= 0.3 is 0 Å². The highest BCUT2D eigenvalue weighted by Gasteiger charge is 2.42. The predicted molar refractivity (Wildman–Crippen MR) is 120 cm³/mol. The summed E-state index contributed by atoms with van der Waals surface area (Å²) in [5.74, 6) is -0.433. The molecule has 0 radical (unpaired) electrons. The molecule has 2 amide bonds. The van der Waals surface area contributed by atoms with Gasteiger partial charge in [0.25, 0.3) is 11.8 Å². The van der Waals surface area contributed by atoms with E-state index in [9.17, 15) is 14.0 Å². The Hall–Kier alpha value is -3.19. The van der Waals surface area contributed by atoms with Crippen molar-refractivity contribution < 1.29 is 18.7 Å². The van der Waals surface area contributed by atoms with Crippen LogP contribution in [0.2, 0.25) is 0 Å². The fraction of sp³-hybridized carbons (Fsp3) is 0.360. The van der Waals surface area contributed by atoms with Gasteiger partial charge in [-0.05, 0) is 49.6 Å². The number of nitrogens with zero attached hydrogens (tertiary/aromatic N) is 3. The van der Waals surface area contributed by atoms with E-state index in [-0.39, 0.29) is 24.2 Å². The smallest absolute Gasteiger partial charge is 0.256 e. The number of rotatable bonds is 2. The lowest BCUT2D eigenvalue weighted by Crippen LogP contribution is -2.55. The number of aromatic nitrogens is 1. The minimum atomic E-state index is -0.504. The lowest BCUT2D eigenvalue weighted by Gasteiger charge is -2.42. The first kappa shape index (κ1) is 20.7. The molecule has 5 rings (SSSR count). The number of amides is 2. The van der Waals surface area contributed by atoms with Crippen LogP contribution in [0.25, 0.3) is 10.9 Å². The number of hydrogen-bond acceptors (Lipinski definition) is 3. The van der Waals surface area contributed by atoms with E-state index < -0.39 is 5.60 Å². The number of carbonyl (C=O) groups excluding carboxylic acids is 2. The van der Waals surface area contributed by atoms with Gasteiger partial charge in [-0.15, -0.1) is 0 Å². The number of hydrogen-bond donors (Lipinski definition) is 0. The van der Waals surface area contributed by atoms with E-state index in [4.69, 9.17) is 4.74 Å². The molecule has 1 aromatic heterocycles. The topological polar surface area (TPSA) is 54.8 Å². The summed E-state index contributed by atoms with van der Waals surface area (Å²) in [5.41, 5.74) is 1.92. The van der Waals surface area contributed by atoms with E-state index in [1.165, 1.54) is 12.1 Å². The summed E-state index contributed by atoms with van der Waals surface area (Å²) in [6.45, 7) is 1.62. The molecule has 0 bridgehead atoms. The molecule has 3 heterocycles. The van der Waals surface area contributed by atoms with Crippen LogP contribution in [0.5, 0.6) is 0 Å². The van der Waals surface area contributed by atoms with Gasteiger partial charge in [0.05, 0.1) is 17.7 Å². The third-order valence-electron chi connectivity index (χ3n) is 6.70. The maximum atomic E-state index is 13.4. The summed E-state index contributed by atoms with van der Waals surface area (Å²) in [6.07, 6.45) is 4.10. The van der Waals surface area contributed by atoms with E-state index in [2.05, 4.69) is 0 Å². The summed E-state index contributed by atoms with van der Waals surface area (Å²) in [4.78, 5) is 29.5. The number of halogens is 1. The summed E-state index contributed by atoms with van der Waals surface area (Å²) in [6, 6.07) is 13.9. The van der Waals surface area contributed by atoms with Crippen LogP contribution in [0.1, 0.15) is 29.6 Å². The molecule has 2 aromatic carbocycles. The first-order valence-corrected chi connectivity index (χ1v) is 11.0. The van der Waals surface area contributed by atoms with Crippen molar-refractivity contribution in [2.45, 2.75) is 24.9 Å². The molecule has 3 aromatic rings. The summed E-state index contributed by atoms with van der Waals surface area (Å²) >= 11 is 0. The van der Waals surface area contributed by atoms with Gasteiger partial charge in [-0.1, -0.05) is 18.2 Å². The van der Waals surface area contributed by atoms with Crippen LogP contribution >= 0.6 is 0 Å². The fourth-order valence-corrected chi connectivity index (χ4v) is 4.93. The molecule has 7 heteroatoms. The molecular formula is C25H26FN3O3. The Morgan fingerprint density at radius 3 is 2.66 bits per heavy atom. The van der Waals surface area contributed by atoms with Gasteiger partial charge in [0.1, 0.15) is 12.4 Å². The van der Waals surface area contributed by atoms with E-state index in [0.29, 0.717) is 37.3 Å². The number of aryl methyl sites for hydroxylation is 1. The number of anilines is 1. The average Bonchev–Trinajstić information content (AvgIpc) is 3.00. The number of ether oxygens (including phenoxy) is 1. The molecule has 0 N–H and O–H groups in total. The zero-order valence-electron chi connectivity index (χ0n) is 18.1. The standard InChI is InChI=1S/C25H26FN3O3/c1-27-15-21(20-5-2-3-6-22(20)27)24(31)28-13-4-11-25(12-14-28)17-29(23(30)16-32-25)19-9-7-18(26)8-10-19/h2-3,5-10,15H,4,11-14,16-17H2,1H3/t25-/m1/s1. The monoisotopic (exact) mass is 435 g/mol. The fourth-order valence-electron chi connectivity index (χ4n) is 4.93. The van der Waals surface area contributed by atoms with Crippen molar-refractivity contribution in [2.75, 3.05) is 31.1 Å². The van der Waals surface area contributed by atoms with Crippen LogP contribution in [0, 0.1) is 5.82 Å². The quantitative estimate of drug-likeness (QED) is 0.616. The van der Waals surface area contributed by atoms with E-state index in [0.717, 1.165) is 23.7 Å². The third-order valence-corrected chi connectivity index (χ3v) is 6.70. The Bertz CT molecular complexity index is 1170. The number of morpholine rings is 1. The Morgan fingerprint density at radius 2 is 1.84 bits per heavy atom. The van der Waals surface area contributed by atoms with Gasteiger partial charge in [-0.25, -0.2) is 4.39 Å². The Kier molecular flexibility index (Phi) is 5.21. The molecule has 166 valence electrons. The second kappa shape index (κ2) is 8.06. The van der Waals surface area contributed by atoms with Crippen molar-refractivity contribution in [1.29, 1.82) is 0 Å². The highest BCUT2D eigenvalue weighted by Crippen LogP contribution is 2.33. The lowest BCUT2D eigenvalue weighted by molar-refractivity contribution is -0.140. The van der Waals surface area contributed by atoms with Gasteiger partial charge in [0.2, 0.25) is 0 Å². The number of likely N-dealkylation sites (tertiary alicyclic amines) is 1. The molecule has 2 aliphatic heterocycles. The van der Waals surface area contributed by atoms with Crippen LogP contribution in [-0.4, -0.2) is 53.1 Å². The highest BCUT2D eigenvalue weighted by molar-refractivity contribution is 6.07. The SMILES string of the molecule is Cn1cc(C(=O)N2CCC[C@@]3(CC2)CN(c2ccc(F)cc2)C(=O)CO3)c2ccccc21. The maximum Gasteiger partial charge on any atom is 0.256 e. The molecule has 1 atom stereocenters. The van der Waals surface area contributed by atoms with E-state index in [1.54, 1.807) is 17.0 Å². The first-order valence-electron chi connectivity index (χ1n) is 11.0. The molecule has 0 saturated carbocycles. The van der Waals surface area contributed by atoms with Crippen molar-refractivity contribution in [1.82, 2.24) is 9.47 Å². The first-order chi connectivity index (χ1) is 15.5. The van der Waals surface area contributed by atoms with E-state index >= 15 is 0 Å². The largest absolute Gasteiger partial charge is 0.363 e. The third kappa shape index (κ3) is 3.66. The second-order valence-corrected chi connectivity index (χ2v) is 8.74. The van der Waals surface area contributed by atoms with Crippen LogP contribution < -0.4 is 4.90 Å². The number of fused-ring (bicyclic) bond motifs is 1. The molecular weight excluding hydrogens is 409 g/mol. The summed E-state index contributed by atoms with van der Waals surface area (Å²) in [5, 5.41) is 0.959. The Morgan fingerprint density at radius 1 is 1.06 bits per heavy atom. The summed E-state index contributed by atoms with van der Waals surface area (Å²) < 4.78 is 21.4. The van der Waals surface area contributed by atoms with Crippen molar-refractivity contribution in [3.63, 3.8) is 0 Å². The van der Waals surface area contributed by atoms with Gasteiger partial charge in [-0.2, -0.15) is 0 Å². The highest BCUT2D eigenvalue weighted by atomic mass is 19.1. The van der Waals surface area contributed by atoms with Crippen LogP contribution in [0.3, 0.4) is 0 Å². The van der Waals surface area contributed by atoms with Crippen molar-refractivity contribution >= 4 is 28.4 Å². The van der Waals surface area contributed by atoms with Gasteiger partial charge in [-0.3, -0.25) is 9.59 Å². The lowest BCUT2D eigenvalue weighted by atomic mass is 9.92. The number of para-hydroxylation sites is 1. The normalized spacial score (nSPS) is 21.9. The number of benzene rings is 2. The van der Waals surface area contributed by atoms with Crippen LogP contribution in [-0.2, 0) is 16.6 Å². The molecule has 0 aliphatic carbocycles. The second-order valence-electron chi connectivity index (χ2n) is 8.74. The molecule has 2 aliphatic rings. The molecule has 1 spiro atoms. The zero-order chi connectivity index (χ0) is 22.3. The molecule has 0 unspecified atom stereocenters. The Labute approximate surface area is 186 Å². The van der Waals surface area contributed by atoms with Crippen molar-refractivity contribution in [2.24, 2.45) is 7.05 Å². The zero-order valence-corrected chi connectivity index (χ0v) is 18.1. The predicted octanol–water partition coefficient (Wildman–Crippen LogP) is 3.75. The molecule has 2 saturated heterocycles. The maximum absolute atomic E-state index is 13.4. The number of carbonyl (C=O) groups is 2. The molecule has 2 fully saturated rings. The van der Waals surface area contributed by atoms with Gasteiger partial charge in [0.15, 0.2) is 0 Å². The summed E-state index contributed by atoms with van der Waals surface area (Å²) in [7, 11) is 1.95. The average molecular weight is 435 g/mol. The van der Waals surface area contributed by atoms with Crippen molar-refractivity contribution in [3.8, 4) is 0 Å². The minimum absolute atomic E-state index is 0.00531. The van der Waals surface area contributed by atoms with Gasteiger partial charge < -0.3 is 19.1 Å².